The van der Waals surface area contributed by atoms with Gasteiger partial charge in [-0.1, -0.05) is 42.0 Å². The Bertz CT molecular complexity index is 979. The number of piperidine rings is 1. The lowest BCUT2D eigenvalue weighted by Crippen LogP contribution is -2.40. The fourth-order valence-electron chi connectivity index (χ4n) is 4.68. The van der Waals surface area contributed by atoms with Crippen LogP contribution in [0.3, 0.4) is 0 Å². The van der Waals surface area contributed by atoms with Gasteiger partial charge in [-0.15, -0.1) is 6.58 Å². The Morgan fingerprint density at radius 3 is 1.80 bits per heavy atom. The molecule has 186 valence electrons. The van der Waals surface area contributed by atoms with Gasteiger partial charge in [-0.25, -0.2) is 18.4 Å². The molecule has 0 aliphatic carbocycles. The number of benzene rings is 2. The average Bonchev–Trinajstić information content (AvgIpc) is 3.06. The van der Waals surface area contributed by atoms with Crippen LogP contribution in [0.25, 0.3) is 0 Å². The summed E-state index contributed by atoms with van der Waals surface area (Å²) in [5.41, 5.74) is 3.17. The molecule has 2 aromatic carbocycles. The van der Waals surface area contributed by atoms with Gasteiger partial charge in [0.25, 0.3) is 0 Å². The molecule has 2 N–H and O–H groups in total. The van der Waals surface area contributed by atoms with Crippen molar-refractivity contribution in [3.05, 3.63) is 95.6 Å². The van der Waals surface area contributed by atoms with Crippen LogP contribution in [0, 0.1) is 11.6 Å². The van der Waals surface area contributed by atoms with Crippen molar-refractivity contribution in [1.29, 1.82) is 0 Å². The van der Waals surface area contributed by atoms with Crippen molar-refractivity contribution >= 4 is 11.9 Å². The number of nitrogens with zero attached hydrogens (tertiary/aromatic N) is 1. The van der Waals surface area contributed by atoms with E-state index in [2.05, 4.69) is 17.6 Å². The number of aliphatic carboxylic acids is 2. The van der Waals surface area contributed by atoms with E-state index in [9.17, 15) is 8.78 Å². The van der Waals surface area contributed by atoms with Crippen molar-refractivity contribution < 1.29 is 33.3 Å². The molecule has 35 heavy (non-hydrogen) atoms. The third-order valence-corrected chi connectivity index (χ3v) is 6.27. The highest BCUT2D eigenvalue weighted by molar-refractivity contribution is 6.27. The van der Waals surface area contributed by atoms with Crippen LogP contribution in [-0.2, 0) is 14.3 Å². The molecule has 0 aromatic heterocycles. The van der Waals surface area contributed by atoms with Gasteiger partial charge < -0.3 is 14.9 Å². The Hall–Kier alpha value is -3.36. The fourth-order valence-corrected chi connectivity index (χ4v) is 4.68. The number of carboxylic acids is 2. The molecule has 8 heteroatoms. The van der Waals surface area contributed by atoms with E-state index in [-0.39, 0.29) is 17.7 Å². The minimum Gasteiger partial charge on any atom is -0.473 e. The van der Waals surface area contributed by atoms with Gasteiger partial charge in [-0.2, -0.15) is 0 Å². The Labute approximate surface area is 203 Å². The average molecular weight is 486 g/mol. The van der Waals surface area contributed by atoms with Crippen molar-refractivity contribution in [2.75, 3.05) is 13.2 Å². The van der Waals surface area contributed by atoms with Crippen molar-refractivity contribution in [3.63, 3.8) is 0 Å². The van der Waals surface area contributed by atoms with Gasteiger partial charge in [0, 0.05) is 18.6 Å². The second kappa shape index (κ2) is 12.4. The summed E-state index contributed by atoms with van der Waals surface area (Å²) in [6, 6.07) is 13.9. The van der Waals surface area contributed by atoms with Crippen LogP contribution in [0.5, 0.6) is 0 Å². The number of halogens is 2. The molecule has 0 unspecified atom stereocenters. The Morgan fingerprint density at radius 1 is 0.943 bits per heavy atom. The molecule has 2 atom stereocenters. The lowest BCUT2D eigenvalue weighted by molar-refractivity contribution is -0.159. The number of ether oxygens (including phenoxy) is 1. The Balaban J connectivity index is 0.000000509. The predicted molar refractivity (Wildman–Crippen MR) is 127 cm³/mol. The first-order valence-corrected chi connectivity index (χ1v) is 11.4. The molecule has 2 aromatic rings. The molecule has 2 fully saturated rings. The predicted octanol–water partition coefficient (Wildman–Crippen LogP) is 4.97. The molecular weight excluding hydrogens is 456 g/mol. The summed E-state index contributed by atoms with van der Waals surface area (Å²) < 4.78 is 32.9. The highest BCUT2D eigenvalue weighted by Crippen LogP contribution is 2.38. The van der Waals surface area contributed by atoms with Gasteiger partial charge >= 0.3 is 11.9 Å². The van der Waals surface area contributed by atoms with Crippen LogP contribution in [-0.4, -0.2) is 52.3 Å². The van der Waals surface area contributed by atoms with Crippen LogP contribution in [0.1, 0.15) is 42.9 Å². The maximum absolute atomic E-state index is 13.4. The largest absolute Gasteiger partial charge is 0.473 e. The van der Waals surface area contributed by atoms with E-state index >= 15 is 0 Å². The van der Waals surface area contributed by atoms with E-state index in [0.29, 0.717) is 18.7 Å². The zero-order chi connectivity index (χ0) is 25.4. The SMILES string of the molecule is C=CCN1[C@@H]2CC[C@H]1CC(=CCOC(c1ccc(F)cc1)c1ccc(F)cc1)C2.O=C(O)C(=O)O. The molecule has 6 nitrogen and oxygen atoms in total. The number of rotatable bonds is 7. The summed E-state index contributed by atoms with van der Waals surface area (Å²) in [5, 5.41) is 14.8. The van der Waals surface area contributed by atoms with Gasteiger partial charge in [0.15, 0.2) is 0 Å². The smallest absolute Gasteiger partial charge is 0.414 e. The van der Waals surface area contributed by atoms with Crippen molar-refractivity contribution in [2.45, 2.75) is 43.9 Å². The van der Waals surface area contributed by atoms with Crippen molar-refractivity contribution in [3.8, 4) is 0 Å². The van der Waals surface area contributed by atoms with Crippen molar-refractivity contribution in [2.24, 2.45) is 0 Å². The maximum atomic E-state index is 13.4. The van der Waals surface area contributed by atoms with Crippen LogP contribution >= 0.6 is 0 Å². The summed E-state index contributed by atoms with van der Waals surface area (Å²) in [5.74, 6) is -4.21. The first-order valence-electron chi connectivity index (χ1n) is 11.4. The standard InChI is InChI=1S/C25H27F2NO.C2H2O4/c1-2-14-28-23-11-12-24(28)17-18(16-23)13-15-29-25(19-3-7-21(26)8-4-19)20-5-9-22(27)10-6-20;3-1(4)2(5)6/h2-10,13,23-25H,1,11-12,14-17H2;(H,3,4)(H,5,6)/t23-,24+;. The molecule has 4 rings (SSSR count). The van der Waals surface area contributed by atoms with Gasteiger partial charge in [-0.3, -0.25) is 4.90 Å². The molecule has 2 heterocycles. The molecule has 0 radical (unpaired) electrons. The van der Waals surface area contributed by atoms with Gasteiger partial charge in [-0.05, 0) is 61.1 Å². The van der Waals surface area contributed by atoms with Crippen LogP contribution in [0.15, 0.2) is 72.8 Å². The van der Waals surface area contributed by atoms with Crippen LogP contribution in [0.2, 0.25) is 0 Å². The van der Waals surface area contributed by atoms with Crippen molar-refractivity contribution in [1.82, 2.24) is 4.90 Å². The number of hydrogen-bond acceptors (Lipinski definition) is 4. The highest BCUT2D eigenvalue weighted by Gasteiger charge is 2.37. The zero-order valence-electron chi connectivity index (χ0n) is 19.3. The molecule has 2 aliphatic heterocycles. The van der Waals surface area contributed by atoms with E-state index in [1.807, 2.05) is 6.08 Å². The normalized spacial score (nSPS) is 20.4. The summed E-state index contributed by atoms with van der Waals surface area (Å²) in [6.07, 6.45) is 8.53. The molecular formula is C27H29F2NO5. The topological polar surface area (TPSA) is 87.1 Å². The van der Waals surface area contributed by atoms with E-state index < -0.39 is 11.9 Å². The highest BCUT2D eigenvalue weighted by atomic mass is 19.1. The second-order valence-corrected chi connectivity index (χ2v) is 8.57. The number of hydrogen-bond donors (Lipinski definition) is 2. The lowest BCUT2D eigenvalue weighted by Gasteiger charge is -2.35. The number of carbonyl (C=O) groups is 2. The zero-order valence-corrected chi connectivity index (χ0v) is 19.3. The summed E-state index contributed by atoms with van der Waals surface area (Å²) in [4.78, 5) is 20.8. The Morgan fingerprint density at radius 2 is 1.40 bits per heavy atom. The summed E-state index contributed by atoms with van der Waals surface area (Å²) >= 11 is 0. The monoisotopic (exact) mass is 485 g/mol. The second-order valence-electron chi connectivity index (χ2n) is 8.57. The number of carboxylic acid groups (broad SMARTS) is 2. The van der Waals surface area contributed by atoms with E-state index in [0.717, 1.165) is 30.5 Å². The van der Waals surface area contributed by atoms with Crippen LogP contribution in [0.4, 0.5) is 8.78 Å². The molecule has 0 saturated carbocycles. The van der Waals surface area contributed by atoms with Gasteiger partial charge in [0.05, 0.1) is 6.61 Å². The summed E-state index contributed by atoms with van der Waals surface area (Å²) in [6.45, 7) is 5.34. The quantitative estimate of drug-likeness (QED) is 0.426. The van der Waals surface area contributed by atoms with E-state index in [1.54, 1.807) is 24.3 Å². The van der Waals surface area contributed by atoms with Crippen LogP contribution < -0.4 is 0 Å². The third kappa shape index (κ3) is 7.31. The lowest BCUT2D eigenvalue weighted by atomic mass is 9.96. The third-order valence-electron chi connectivity index (χ3n) is 6.27. The first kappa shape index (κ1) is 26.2. The maximum Gasteiger partial charge on any atom is 0.414 e. The minimum atomic E-state index is -1.82. The fraction of sp³-hybridized carbons (Fsp3) is 0.333. The Kier molecular flexibility index (Phi) is 9.28. The van der Waals surface area contributed by atoms with Gasteiger partial charge in [0.2, 0.25) is 0 Å². The van der Waals surface area contributed by atoms with E-state index in [4.69, 9.17) is 24.5 Å². The molecule has 0 spiro atoms. The summed E-state index contributed by atoms with van der Waals surface area (Å²) in [7, 11) is 0. The molecule has 2 bridgehead atoms. The molecule has 2 aliphatic rings. The first-order chi connectivity index (χ1) is 16.8. The van der Waals surface area contributed by atoms with Gasteiger partial charge in [0.1, 0.15) is 17.7 Å². The number of fused-ring (bicyclic) bond motifs is 2. The molecule has 0 amide bonds. The minimum absolute atomic E-state index is 0.282. The van der Waals surface area contributed by atoms with E-state index in [1.165, 1.54) is 42.7 Å². The molecule has 2 saturated heterocycles.